The molecule has 0 bridgehead atoms. The molecule has 0 aromatic rings. The minimum Gasteiger partial charge on any atom is -0.369 e. The Morgan fingerprint density at radius 2 is 2.00 bits per heavy atom. The Morgan fingerprint density at radius 1 is 1.43 bits per heavy atom. The predicted molar refractivity (Wildman–Crippen MR) is 55.5 cm³/mol. The second-order valence-corrected chi connectivity index (χ2v) is 4.36. The van der Waals surface area contributed by atoms with Crippen LogP contribution in [0.5, 0.6) is 0 Å². The maximum absolute atomic E-state index is 11.6. The van der Waals surface area contributed by atoms with E-state index in [-0.39, 0.29) is 5.91 Å². The van der Waals surface area contributed by atoms with Crippen molar-refractivity contribution in [1.82, 2.24) is 4.90 Å². The molecule has 0 spiro atoms. The number of rotatable bonds is 3. The quantitative estimate of drug-likeness (QED) is 0.745. The molecule has 1 atom stereocenters. The molecule has 3 nitrogen and oxygen atoms in total. The monoisotopic (exact) mass is 197 g/mol. The lowest BCUT2D eigenvalue weighted by Crippen LogP contribution is -2.36. The largest absolute Gasteiger partial charge is 0.369 e. The molecule has 14 heavy (non-hydrogen) atoms. The smallest absolute Gasteiger partial charge is 0.251 e. The molecule has 80 valence electrons. The van der Waals surface area contributed by atoms with Crippen molar-refractivity contribution in [3.05, 3.63) is 11.1 Å². The van der Waals surface area contributed by atoms with Gasteiger partial charge in [-0.2, -0.15) is 0 Å². The number of nitrogens with zero attached hydrogens (tertiary/aromatic N) is 1. The van der Waals surface area contributed by atoms with Crippen LogP contribution in [0.2, 0.25) is 0 Å². The van der Waals surface area contributed by atoms with Crippen molar-refractivity contribution in [2.75, 3.05) is 6.54 Å². The van der Waals surface area contributed by atoms with E-state index in [1.165, 1.54) is 0 Å². The number of amides is 1. The van der Waals surface area contributed by atoms with Crippen molar-refractivity contribution >= 4 is 5.91 Å². The first kappa shape index (κ1) is 11.2. The maximum Gasteiger partial charge on any atom is 0.251 e. The standard InChI is InChI=1S/C11H19NO2/c1-7(2)5-6-12-10(13)8(3)9(4)11(12)14/h7,10,13H,5-6H2,1-4H3/t10-/m0/s1. The van der Waals surface area contributed by atoms with Gasteiger partial charge in [0.25, 0.3) is 5.91 Å². The third kappa shape index (κ3) is 1.98. The van der Waals surface area contributed by atoms with E-state index in [4.69, 9.17) is 0 Å². The molecule has 0 fully saturated rings. The topological polar surface area (TPSA) is 40.5 Å². The SMILES string of the molecule is CC1=C(C)[C@H](O)N(CCC(C)C)C1=O. The number of aliphatic hydroxyl groups is 1. The Kier molecular flexibility index (Phi) is 3.32. The molecule has 1 aliphatic rings. The maximum atomic E-state index is 11.6. The first-order valence-electron chi connectivity index (χ1n) is 5.11. The minimum absolute atomic E-state index is 0.0179. The minimum atomic E-state index is -0.693. The number of hydrogen-bond acceptors (Lipinski definition) is 2. The first-order valence-corrected chi connectivity index (χ1v) is 5.11. The van der Waals surface area contributed by atoms with Crippen LogP contribution in [0, 0.1) is 5.92 Å². The molecule has 1 N–H and O–H groups in total. The van der Waals surface area contributed by atoms with Crippen LogP contribution < -0.4 is 0 Å². The second-order valence-electron chi connectivity index (χ2n) is 4.36. The summed E-state index contributed by atoms with van der Waals surface area (Å²) in [7, 11) is 0. The van der Waals surface area contributed by atoms with Gasteiger partial charge in [-0.25, -0.2) is 0 Å². The van der Waals surface area contributed by atoms with E-state index in [1.807, 2.05) is 6.92 Å². The molecule has 1 rings (SSSR count). The Morgan fingerprint density at radius 3 is 2.36 bits per heavy atom. The molecule has 1 aliphatic heterocycles. The van der Waals surface area contributed by atoms with Gasteiger partial charge >= 0.3 is 0 Å². The first-order chi connectivity index (χ1) is 6.45. The van der Waals surface area contributed by atoms with E-state index in [0.29, 0.717) is 18.0 Å². The zero-order valence-corrected chi connectivity index (χ0v) is 9.37. The summed E-state index contributed by atoms with van der Waals surface area (Å²) in [6.07, 6.45) is 0.241. The molecule has 3 heteroatoms. The summed E-state index contributed by atoms with van der Waals surface area (Å²) in [4.78, 5) is 13.2. The van der Waals surface area contributed by atoms with Gasteiger partial charge in [0, 0.05) is 12.1 Å². The summed E-state index contributed by atoms with van der Waals surface area (Å²) in [6.45, 7) is 8.45. The van der Waals surface area contributed by atoms with Crippen LogP contribution in [-0.4, -0.2) is 28.7 Å². The van der Waals surface area contributed by atoms with Crippen LogP contribution in [0.1, 0.15) is 34.1 Å². The van der Waals surface area contributed by atoms with Gasteiger partial charge in [-0.15, -0.1) is 0 Å². The van der Waals surface area contributed by atoms with Gasteiger partial charge in [-0.05, 0) is 31.8 Å². The number of aliphatic hydroxyl groups excluding tert-OH is 1. The summed E-state index contributed by atoms with van der Waals surface area (Å²) >= 11 is 0. The predicted octanol–water partition coefficient (Wildman–Crippen LogP) is 1.53. The zero-order chi connectivity index (χ0) is 10.9. The Bertz CT molecular complexity index is 268. The normalized spacial score (nSPS) is 22.9. The fourth-order valence-electron chi connectivity index (χ4n) is 1.54. The Labute approximate surface area is 85.4 Å². The molecular weight excluding hydrogens is 178 g/mol. The molecule has 0 unspecified atom stereocenters. The molecule has 0 aromatic carbocycles. The highest BCUT2D eigenvalue weighted by atomic mass is 16.3. The number of carbonyl (C=O) groups is 1. The average Bonchev–Trinajstić information content (AvgIpc) is 2.29. The van der Waals surface area contributed by atoms with Crippen molar-refractivity contribution < 1.29 is 9.90 Å². The van der Waals surface area contributed by atoms with Crippen LogP contribution >= 0.6 is 0 Å². The van der Waals surface area contributed by atoms with Gasteiger partial charge in [0.15, 0.2) is 6.23 Å². The summed E-state index contributed by atoms with van der Waals surface area (Å²) in [5.74, 6) is 0.534. The van der Waals surface area contributed by atoms with E-state index in [2.05, 4.69) is 13.8 Å². The molecule has 0 aromatic heterocycles. The molecule has 0 aliphatic carbocycles. The molecule has 0 saturated heterocycles. The van der Waals surface area contributed by atoms with Crippen molar-refractivity contribution in [2.24, 2.45) is 5.92 Å². The van der Waals surface area contributed by atoms with Crippen LogP contribution in [0.3, 0.4) is 0 Å². The van der Waals surface area contributed by atoms with Crippen LogP contribution in [0.25, 0.3) is 0 Å². The number of hydrogen-bond donors (Lipinski definition) is 1. The summed E-state index contributed by atoms with van der Waals surface area (Å²) in [6, 6.07) is 0. The van der Waals surface area contributed by atoms with Gasteiger partial charge in [0.2, 0.25) is 0 Å². The third-order valence-electron chi connectivity index (χ3n) is 2.80. The fourth-order valence-corrected chi connectivity index (χ4v) is 1.54. The third-order valence-corrected chi connectivity index (χ3v) is 2.80. The lowest BCUT2D eigenvalue weighted by atomic mass is 10.1. The van der Waals surface area contributed by atoms with E-state index in [1.54, 1.807) is 11.8 Å². The van der Waals surface area contributed by atoms with Gasteiger partial charge < -0.3 is 10.0 Å². The molecule has 0 radical (unpaired) electrons. The highest BCUT2D eigenvalue weighted by Gasteiger charge is 2.32. The van der Waals surface area contributed by atoms with Crippen LogP contribution in [-0.2, 0) is 4.79 Å². The van der Waals surface area contributed by atoms with Crippen molar-refractivity contribution in [2.45, 2.75) is 40.3 Å². The van der Waals surface area contributed by atoms with E-state index >= 15 is 0 Å². The van der Waals surface area contributed by atoms with Gasteiger partial charge in [0.05, 0.1) is 0 Å². The fraction of sp³-hybridized carbons (Fsp3) is 0.727. The van der Waals surface area contributed by atoms with E-state index < -0.39 is 6.23 Å². The van der Waals surface area contributed by atoms with E-state index in [0.717, 1.165) is 12.0 Å². The van der Waals surface area contributed by atoms with Gasteiger partial charge in [0.1, 0.15) is 0 Å². The van der Waals surface area contributed by atoms with E-state index in [9.17, 15) is 9.90 Å². The highest BCUT2D eigenvalue weighted by Crippen LogP contribution is 2.24. The Balaban J connectivity index is 2.62. The second kappa shape index (κ2) is 4.13. The lowest BCUT2D eigenvalue weighted by Gasteiger charge is -2.22. The van der Waals surface area contributed by atoms with Crippen molar-refractivity contribution in [1.29, 1.82) is 0 Å². The molecular formula is C11H19NO2. The molecule has 0 saturated carbocycles. The lowest BCUT2D eigenvalue weighted by molar-refractivity contribution is -0.132. The van der Waals surface area contributed by atoms with Crippen LogP contribution in [0.15, 0.2) is 11.1 Å². The van der Waals surface area contributed by atoms with Crippen molar-refractivity contribution in [3.8, 4) is 0 Å². The number of carbonyl (C=O) groups excluding carboxylic acids is 1. The highest BCUT2D eigenvalue weighted by molar-refractivity contribution is 5.96. The van der Waals surface area contributed by atoms with Gasteiger partial charge in [-0.1, -0.05) is 13.8 Å². The van der Waals surface area contributed by atoms with Crippen LogP contribution in [0.4, 0.5) is 0 Å². The zero-order valence-electron chi connectivity index (χ0n) is 9.37. The Hall–Kier alpha value is -0.830. The summed E-state index contributed by atoms with van der Waals surface area (Å²) < 4.78 is 0. The average molecular weight is 197 g/mol. The molecule has 1 amide bonds. The summed E-state index contributed by atoms with van der Waals surface area (Å²) in [5.41, 5.74) is 1.49. The van der Waals surface area contributed by atoms with Gasteiger partial charge in [-0.3, -0.25) is 4.79 Å². The summed E-state index contributed by atoms with van der Waals surface area (Å²) in [5, 5.41) is 9.76. The van der Waals surface area contributed by atoms with Crippen molar-refractivity contribution in [3.63, 3.8) is 0 Å². The molecule has 1 heterocycles.